The molecule has 0 aromatic heterocycles. The van der Waals surface area contributed by atoms with Gasteiger partial charge in [-0.25, -0.2) is 0 Å². The molecule has 17 heavy (non-hydrogen) atoms. The number of thioether (sulfide) groups is 1. The van der Waals surface area contributed by atoms with Gasteiger partial charge in [0.1, 0.15) is 5.04 Å². The normalized spacial score (nSPS) is 14.1. The number of benzene rings is 2. The van der Waals surface area contributed by atoms with Gasteiger partial charge in [-0.05, 0) is 18.6 Å². The molecule has 1 aliphatic rings. The van der Waals surface area contributed by atoms with Crippen LogP contribution in [0, 0.1) is 6.92 Å². The standard InChI is InChI=1S/C15H13NS/c1-11-6-8-12(9-7-11)15-16-10-13-4-2-3-5-14(13)17-15/h2-9H,10H2,1H3. The van der Waals surface area contributed by atoms with Gasteiger partial charge >= 0.3 is 0 Å². The van der Waals surface area contributed by atoms with E-state index in [9.17, 15) is 0 Å². The Hall–Kier alpha value is -1.54. The maximum absolute atomic E-state index is 4.65. The van der Waals surface area contributed by atoms with E-state index in [1.807, 2.05) is 0 Å². The number of aryl methyl sites for hydroxylation is 1. The largest absolute Gasteiger partial charge is 0.273 e. The SMILES string of the molecule is Cc1ccc(C2=NCc3ccccc3S2)cc1. The predicted molar refractivity (Wildman–Crippen MR) is 73.7 cm³/mol. The molecule has 0 spiro atoms. The Balaban J connectivity index is 1.93. The van der Waals surface area contributed by atoms with Crippen LogP contribution in [0.4, 0.5) is 0 Å². The first-order valence-electron chi connectivity index (χ1n) is 5.70. The van der Waals surface area contributed by atoms with E-state index in [1.54, 1.807) is 11.8 Å². The van der Waals surface area contributed by atoms with Gasteiger partial charge in [-0.15, -0.1) is 0 Å². The van der Waals surface area contributed by atoms with Crippen LogP contribution in [0.1, 0.15) is 16.7 Å². The Morgan fingerprint density at radius 3 is 2.59 bits per heavy atom. The van der Waals surface area contributed by atoms with Crippen LogP contribution < -0.4 is 0 Å². The topological polar surface area (TPSA) is 12.4 Å². The molecule has 2 heteroatoms. The van der Waals surface area contributed by atoms with Crippen molar-refractivity contribution in [2.75, 3.05) is 0 Å². The van der Waals surface area contributed by atoms with Crippen molar-refractivity contribution in [3.05, 3.63) is 65.2 Å². The molecule has 2 aromatic rings. The van der Waals surface area contributed by atoms with Gasteiger partial charge in [-0.1, -0.05) is 59.8 Å². The van der Waals surface area contributed by atoms with E-state index in [0.29, 0.717) is 0 Å². The third kappa shape index (κ3) is 2.13. The summed E-state index contributed by atoms with van der Waals surface area (Å²) >= 11 is 1.77. The summed E-state index contributed by atoms with van der Waals surface area (Å²) in [6, 6.07) is 17.1. The minimum absolute atomic E-state index is 0.798. The average Bonchev–Trinajstić information content (AvgIpc) is 2.39. The number of fused-ring (bicyclic) bond motifs is 1. The molecule has 0 radical (unpaired) electrons. The van der Waals surface area contributed by atoms with Crippen molar-refractivity contribution in [2.24, 2.45) is 4.99 Å². The van der Waals surface area contributed by atoms with Gasteiger partial charge in [0.25, 0.3) is 0 Å². The first kappa shape index (κ1) is 10.6. The van der Waals surface area contributed by atoms with Crippen LogP contribution in [0.15, 0.2) is 58.4 Å². The van der Waals surface area contributed by atoms with Crippen molar-refractivity contribution in [2.45, 2.75) is 18.4 Å². The molecule has 0 atom stereocenters. The molecule has 0 fully saturated rings. The summed E-state index contributed by atoms with van der Waals surface area (Å²) in [6.45, 7) is 2.90. The lowest BCUT2D eigenvalue weighted by Crippen LogP contribution is -2.03. The number of hydrogen-bond donors (Lipinski definition) is 0. The molecule has 1 aliphatic heterocycles. The second-order valence-electron chi connectivity index (χ2n) is 4.20. The fourth-order valence-corrected chi connectivity index (χ4v) is 2.88. The number of rotatable bonds is 1. The Labute approximate surface area is 106 Å². The van der Waals surface area contributed by atoms with Crippen LogP contribution in [0.5, 0.6) is 0 Å². The summed E-state index contributed by atoms with van der Waals surface area (Å²) in [5.74, 6) is 0. The summed E-state index contributed by atoms with van der Waals surface area (Å²) in [5, 5.41) is 1.13. The van der Waals surface area contributed by atoms with Gasteiger partial charge < -0.3 is 0 Å². The third-order valence-electron chi connectivity index (χ3n) is 2.87. The van der Waals surface area contributed by atoms with Gasteiger partial charge in [0.15, 0.2) is 0 Å². The molecule has 1 heterocycles. The Bertz CT molecular complexity index is 570. The lowest BCUT2D eigenvalue weighted by atomic mass is 10.1. The van der Waals surface area contributed by atoms with Gasteiger partial charge in [-0.3, -0.25) is 4.99 Å². The highest BCUT2D eigenvalue weighted by Gasteiger charge is 2.13. The van der Waals surface area contributed by atoms with Crippen LogP contribution in [0.25, 0.3) is 0 Å². The first-order chi connectivity index (χ1) is 8.33. The highest BCUT2D eigenvalue weighted by molar-refractivity contribution is 8.14. The fourth-order valence-electron chi connectivity index (χ4n) is 1.87. The predicted octanol–water partition coefficient (Wildman–Crippen LogP) is 4.05. The molecule has 84 valence electrons. The molecule has 2 aromatic carbocycles. The maximum Gasteiger partial charge on any atom is 0.103 e. The molecule has 0 saturated carbocycles. The zero-order chi connectivity index (χ0) is 11.7. The maximum atomic E-state index is 4.65. The third-order valence-corrected chi connectivity index (χ3v) is 4.05. The smallest absolute Gasteiger partial charge is 0.103 e. The summed E-state index contributed by atoms with van der Waals surface area (Å²) < 4.78 is 0. The molecule has 1 nitrogen and oxygen atoms in total. The van der Waals surface area contributed by atoms with E-state index < -0.39 is 0 Å². The molecule has 0 unspecified atom stereocenters. The van der Waals surface area contributed by atoms with Crippen molar-refractivity contribution < 1.29 is 0 Å². The average molecular weight is 239 g/mol. The minimum atomic E-state index is 0.798. The molecule has 0 aliphatic carbocycles. The van der Waals surface area contributed by atoms with Crippen molar-refractivity contribution in [3.63, 3.8) is 0 Å². The zero-order valence-electron chi connectivity index (χ0n) is 9.68. The molecular formula is C15H13NS. The van der Waals surface area contributed by atoms with E-state index in [4.69, 9.17) is 0 Å². The Morgan fingerprint density at radius 1 is 1.00 bits per heavy atom. The minimum Gasteiger partial charge on any atom is -0.273 e. The van der Waals surface area contributed by atoms with E-state index in [2.05, 4.69) is 60.4 Å². The molecule has 0 N–H and O–H groups in total. The monoisotopic (exact) mass is 239 g/mol. The summed E-state index contributed by atoms with van der Waals surface area (Å²) in [6.07, 6.45) is 0. The van der Waals surface area contributed by atoms with Gasteiger partial charge in [0, 0.05) is 10.5 Å². The van der Waals surface area contributed by atoms with Gasteiger partial charge in [0.05, 0.1) is 6.54 Å². The van der Waals surface area contributed by atoms with E-state index in [0.717, 1.165) is 11.6 Å². The van der Waals surface area contributed by atoms with Gasteiger partial charge in [0.2, 0.25) is 0 Å². The lowest BCUT2D eigenvalue weighted by Gasteiger charge is -2.15. The van der Waals surface area contributed by atoms with Crippen LogP contribution in [0.2, 0.25) is 0 Å². The molecule has 0 bridgehead atoms. The zero-order valence-corrected chi connectivity index (χ0v) is 10.5. The van der Waals surface area contributed by atoms with E-state index >= 15 is 0 Å². The van der Waals surface area contributed by atoms with Crippen LogP contribution in [-0.2, 0) is 6.54 Å². The molecule has 3 rings (SSSR count). The fraction of sp³-hybridized carbons (Fsp3) is 0.133. The molecule has 0 amide bonds. The Morgan fingerprint density at radius 2 is 1.76 bits per heavy atom. The highest BCUT2D eigenvalue weighted by Crippen LogP contribution is 2.31. The highest BCUT2D eigenvalue weighted by atomic mass is 32.2. The lowest BCUT2D eigenvalue weighted by molar-refractivity contribution is 1.02. The van der Waals surface area contributed by atoms with Crippen molar-refractivity contribution in [1.29, 1.82) is 0 Å². The number of hydrogen-bond acceptors (Lipinski definition) is 2. The molecule has 0 saturated heterocycles. The van der Waals surface area contributed by atoms with Crippen molar-refractivity contribution >= 4 is 16.8 Å². The number of aliphatic imine (C=N–C) groups is 1. The van der Waals surface area contributed by atoms with E-state index in [-0.39, 0.29) is 0 Å². The van der Waals surface area contributed by atoms with Crippen LogP contribution in [-0.4, -0.2) is 5.04 Å². The molecular weight excluding hydrogens is 226 g/mol. The second kappa shape index (κ2) is 4.38. The van der Waals surface area contributed by atoms with Gasteiger partial charge in [-0.2, -0.15) is 0 Å². The summed E-state index contributed by atoms with van der Waals surface area (Å²) in [7, 11) is 0. The van der Waals surface area contributed by atoms with Crippen molar-refractivity contribution in [1.82, 2.24) is 0 Å². The summed E-state index contributed by atoms with van der Waals surface area (Å²) in [5.41, 5.74) is 3.83. The second-order valence-corrected chi connectivity index (χ2v) is 5.23. The van der Waals surface area contributed by atoms with E-state index in [1.165, 1.54) is 21.6 Å². The quantitative estimate of drug-likeness (QED) is 0.731. The van der Waals surface area contributed by atoms with Crippen LogP contribution in [0.3, 0.4) is 0 Å². The summed E-state index contributed by atoms with van der Waals surface area (Å²) in [4.78, 5) is 5.98. The first-order valence-corrected chi connectivity index (χ1v) is 6.52. The van der Waals surface area contributed by atoms with Crippen LogP contribution >= 0.6 is 11.8 Å². The Kier molecular flexibility index (Phi) is 2.73. The van der Waals surface area contributed by atoms with Crippen molar-refractivity contribution in [3.8, 4) is 0 Å². The number of nitrogens with zero attached hydrogens (tertiary/aromatic N) is 1.